The lowest BCUT2D eigenvalue weighted by atomic mass is 10.1. The van der Waals surface area contributed by atoms with E-state index < -0.39 is 0 Å². The summed E-state index contributed by atoms with van der Waals surface area (Å²) in [6.07, 6.45) is 5.43. The van der Waals surface area contributed by atoms with Crippen LogP contribution in [0.3, 0.4) is 0 Å². The van der Waals surface area contributed by atoms with E-state index in [1.165, 1.54) is 11.1 Å². The molecule has 0 aliphatic rings. The summed E-state index contributed by atoms with van der Waals surface area (Å²) in [6, 6.07) is 14.8. The third-order valence-electron chi connectivity index (χ3n) is 3.32. The van der Waals surface area contributed by atoms with Crippen molar-refractivity contribution in [2.45, 2.75) is 19.9 Å². The van der Waals surface area contributed by atoms with Gasteiger partial charge in [0, 0.05) is 37.8 Å². The first kappa shape index (κ1) is 16.6. The van der Waals surface area contributed by atoms with Gasteiger partial charge in [0.25, 0.3) is 0 Å². The van der Waals surface area contributed by atoms with Gasteiger partial charge in [0.15, 0.2) is 12.4 Å². The van der Waals surface area contributed by atoms with Crippen LogP contribution in [-0.4, -0.2) is 24.0 Å². The Morgan fingerprint density at radius 3 is 2.41 bits per heavy atom. The summed E-state index contributed by atoms with van der Waals surface area (Å²) in [5.74, 6) is 2.15. The summed E-state index contributed by atoms with van der Waals surface area (Å²) < 4.78 is 2.22. The average Bonchev–Trinajstić information content (AvgIpc) is 2.55. The van der Waals surface area contributed by atoms with Crippen LogP contribution in [0.4, 0.5) is 0 Å². The fraction of sp³-hybridized carbons (Fsp3) is 0.333. The molecule has 0 unspecified atom stereocenters. The van der Waals surface area contributed by atoms with E-state index in [2.05, 4.69) is 58.7 Å². The normalized spacial score (nSPS) is 10.4. The van der Waals surface area contributed by atoms with Crippen LogP contribution in [0.2, 0.25) is 0 Å². The zero-order chi connectivity index (χ0) is 15.6. The van der Waals surface area contributed by atoms with Crippen LogP contribution >= 0.6 is 11.8 Å². The zero-order valence-corrected chi connectivity index (χ0v) is 13.8. The molecule has 1 N–H and O–H groups in total. The summed E-state index contributed by atoms with van der Waals surface area (Å²) in [4.78, 5) is 10.7. The highest BCUT2D eigenvalue weighted by Crippen LogP contribution is 2.16. The van der Waals surface area contributed by atoms with Crippen LogP contribution in [-0.2, 0) is 11.3 Å². The van der Waals surface area contributed by atoms with Gasteiger partial charge in [0.1, 0.15) is 6.54 Å². The summed E-state index contributed by atoms with van der Waals surface area (Å²) in [7, 11) is 0. The number of nitrogens with one attached hydrogen (secondary N) is 1. The van der Waals surface area contributed by atoms with E-state index >= 15 is 0 Å². The number of nitrogens with zero attached hydrogens (tertiary/aromatic N) is 1. The van der Waals surface area contributed by atoms with Crippen molar-refractivity contribution in [3.8, 4) is 11.1 Å². The Bertz CT molecular complexity index is 569. The van der Waals surface area contributed by atoms with Crippen molar-refractivity contribution >= 4 is 17.7 Å². The predicted octanol–water partition coefficient (Wildman–Crippen LogP) is 2.90. The lowest BCUT2D eigenvalue weighted by Crippen LogP contribution is -2.32. The lowest BCUT2D eigenvalue weighted by molar-refractivity contribution is -0.696. The largest absolute Gasteiger partial charge is 0.356 e. The predicted molar refractivity (Wildman–Crippen MR) is 92.7 cm³/mol. The van der Waals surface area contributed by atoms with Crippen molar-refractivity contribution in [3.05, 3.63) is 54.9 Å². The maximum Gasteiger partial charge on any atom is 0.216 e. The molecule has 116 valence electrons. The number of thioether (sulfide) groups is 1. The molecule has 0 saturated carbocycles. The van der Waals surface area contributed by atoms with E-state index in [0.717, 1.165) is 31.0 Å². The molecular weight excluding hydrogens is 292 g/mol. The minimum Gasteiger partial charge on any atom is -0.356 e. The van der Waals surface area contributed by atoms with E-state index in [1.54, 1.807) is 6.92 Å². The first-order valence-electron chi connectivity index (χ1n) is 7.62. The molecule has 0 fully saturated rings. The first-order valence-corrected chi connectivity index (χ1v) is 8.78. The van der Waals surface area contributed by atoms with E-state index in [-0.39, 0.29) is 5.91 Å². The van der Waals surface area contributed by atoms with Crippen LogP contribution in [0.5, 0.6) is 0 Å². The Balaban J connectivity index is 1.68. The van der Waals surface area contributed by atoms with Gasteiger partial charge >= 0.3 is 0 Å². The first-order chi connectivity index (χ1) is 10.8. The van der Waals surface area contributed by atoms with Gasteiger partial charge in [-0.15, -0.1) is 0 Å². The van der Waals surface area contributed by atoms with E-state index in [0.29, 0.717) is 0 Å². The molecule has 0 bridgehead atoms. The SMILES string of the molecule is CC(=O)NCCSCCC[n+]1ccc(-c2ccccc2)cc1. The number of carbonyl (C=O) groups is 1. The Hall–Kier alpha value is -1.81. The molecule has 0 atom stereocenters. The molecule has 1 aromatic heterocycles. The van der Waals surface area contributed by atoms with Crippen LogP contribution in [0, 0.1) is 0 Å². The van der Waals surface area contributed by atoms with E-state index in [1.807, 2.05) is 17.8 Å². The number of rotatable bonds is 8. The lowest BCUT2D eigenvalue weighted by Gasteiger charge is -2.02. The number of carbonyl (C=O) groups excluding carboxylic acids is 1. The fourth-order valence-electron chi connectivity index (χ4n) is 2.18. The minimum atomic E-state index is 0.0506. The zero-order valence-electron chi connectivity index (χ0n) is 13.0. The number of hydrogen-bond donors (Lipinski definition) is 1. The highest BCUT2D eigenvalue weighted by molar-refractivity contribution is 7.99. The second-order valence-corrected chi connectivity index (χ2v) is 6.36. The molecule has 0 saturated heterocycles. The van der Waals surface area contributed by atoms with Crippen molar-refractivity contribution in [2.24, 2.45) is 0 Å². The number of aromatic nitrogens is 1. The van der Waals surface area contributed by atoms with E-state index in [9.17, 15) is 4.79 Å². The number of hydrogen-bond acceptors (Lipinski definition) is 2. The summed E-state index contributed by atoms with van der Waals surface area (Å²) in [5, 5.41) is 2.81. The van der Waals surface area contributed by atoms with Gasteiger partial charge in [-0.2, -0.15) is 11.8 Å². The highest BCUT2D eigenvalue weighted by atomic mass is 32.2. The molecular formula is C18H23N2OS+. The molecule has 3 nitrogen and oxygen atoms in total. The Kier molecular flexibility index (Phi) is 6.97. The van der Waals surface area contributed by atoms with Gasteiger partial charge in [0.2, 0.25) is 5.91 Å². The maximum atomic E-state index is 10.7. The standard InChI is InChI=1S/C18H22N2OS/c1-16(21)19-10-15-22-14-5-11-20-12-8-18(9-13-20)17-6-3-2-4-7-17/h2-4,6-9,12-13H,5,10-11,14-15H2,1H3/p+1. The number of benzene rings is 1. The third-order valence-corrected chi connectivity index (χ3v) is 4.39. The highest BCUT2D eigenvalue weighted by Gasteiger charge is 2.02. The smallest absolute Gasteiger partial charge is 0.216 e. The van der Waals surface area contributed by atoms with Crippen LogP contribution < -0.4 is 9.88 Å². The second-order valence-electron chi connectivity index (χ2n) is 5.14. The monoisotopic (exact) mass is 315 g/mol. The fourth-order valence-corrected chi connectivity index (χ4v) is 2.96. The molecule has 0 radical (unpaired) electrons. The van der Waals surface area contributed by atoms with Gasteiger partial charge in [-0.1, -0.05) is 30.3 Å². The molecule has 22 heavy (non-hydrogen) atoms. The van der Waals surface area contributed by atoms with Crippen molar-refractivity contribution < 1.29 is 9.36 Å². The number of pyridine rings is 1. The third kappa shape index (κ3) is 5.90. The van der Waals surface area contributed by atoms with Gasteiger partial charge in [-0.05, 0) is 16.9 Å². The van der Waals surface area contributed by atoms with Gasteiger partial charge in [-0.25, -0.2) is 4.57 Å². The van der Waals surface area contributed by atoms with Gasteiger partial charge < -0.3 is 5.32 Å². The molecule has 0 aliphatic carbocycles. The molecule has 1 aromatic carbocycles. The van der Waals surface area contributed by atoms with Crippen molar-refractivity contribution in [3.63, 3.8) is 0 Å². The van der Waals surface area contributed by atoms with Crippen LogP contribution in [0.25, 0.3) is 11.1 Å². The molecule has 2 aromatic rings. The molecule has 1 amide bonds. The molecule has 4 heteroatoms. The van der Waals surface area contributed by atoms with Crippen molar-refractivity contribution in [1.82, 2.24) is 5.32 Å². The minimum absolute atomic E-state index is 0.0506. The molecule has 1 heterocycles. The maximum absolute atomic E-state index is 10.7. The van der Waals surface area contributed by atoms with E-state index in [4.69, 9.17) is 0 Å². The summed E-state index contributed by atoms with van der Waals surface area (Å²) in [5.41, 5.74) is 2.50. The quantitative estimate of drug-likeness (QED) is 0.600. The average molecular weight is 315 g/mol. The van der Waals surface area contributed by atoms with Gasteiger partial charge in [-0.3, -0.25) is 4.79 Å². The van der Waals surface area contributed by atoms with Crippen molar-refractivity contribution in [1.29, 1.82) is 0 Å². The number of aryl methyl sites for hydroxylation is 1. The molecule has 0 spiro atoms. The summed E-state index contributed by atoms with van der Waals surface area (Å²) >= 11 is 1.89. The molecule has 0 aliphatic heterocycles. The Labute approximate surface area is 136 Å². The second kappa shape index (κ2) is 9.26. The summed E-state index contributed by atoms with van der Waals surface area (Å²) in [6.45, 7) is 3.35. The van der Waals surface area contributed by atoms with Crippen LogP contribution in [0.15, 0.2) is 54.9 Å². The Morgan fingerprint density at radius 2 is 1.73 bits per heavy atom. The van der Waals surface area contributed by atoms with Crippen LogP contribution in [0.1, 0.15) is 13.3 Å². The topological polar surface area (TPSA) is 33.0 Å². The van der Waals surface area contributed by atoms with Crippen molar-refractivity contribution in [2.75, 3.05) is 18.1 Å². The Morgan fingerprint density at radius 1 is 1.05 bits per heavy atom. The number of amides is 1. The molecule has 2 rings (SSSR count). The van der Waals surface area contributed by atoms with Gasteiger partial charge in [0.05, 0.1) is 0 Å².